The highest BCUT2D eigenvalue weighted by Crippen LogP contribution is 2.42. The zero-order valence-electron chi connectivity index (χ0n) is 12.0. The van der Waals surface area contributed by atoms with Gasteiger partial charge in [0.15, 0.2) is 0 Å². The summed E-state index contributed by atoms with van der Waals surface area (Å²) in [5, 5.41) is 0. The van der Waals surface area contributed by atoms with Crippen molar-refractivity contribution in [3.8, 4) is 0 Å². The van der Waals surface area contributed by atoms with Gasteiger partial charge in [0.25, 0.3) is 0 Å². The van der Waals surface area contributed by atoms with Crippen molar-refractivity contribution in [2.75, 3.05) is 32.9 Å². The molecule has 0 aromatic rings. The lowest BCUT2D eigenvalue weighted by Gasteiger charge is -2.20. The predicted molar refractivity (Wildman–Crippen MR) is 71.7 cm³/mol. The van der Waals surface area contributed by atoms with Crippen molar-refractivity contribution in [2.45, 2.75) is 32.8 Å². The van der Waals surface area contributed by atoms with Gasteiger partial charge in [-0.25, -0.2) is 0 Å². The number of carbonyl (C=O) groups is 1. The Labute approximate surface area is 115 Å². The molecule has 0 spiro atoms. The fraction of sp³-hybridized carbons (Fsp3) is 0.933. The van der Waals surface area contributed by atoms with E-state index >= 15 is 0 Å². The van der Waals surface area contributed by atoms with Gasteiger partial charge < -0.3 is 14.4 Å². The Bertz CT molecular complexity index is 346. The Kier molecular flexibility index (Phi) is 3.81. The number of amides is 1. The van der Waals surface area contributed by atoms with Crippen molar-refractivity contribution in [3.63, 3.8) is 0 Å². The molecule has 0 aromatic carbocycles. The number of carbonyl (C=O) groups excluding carboxylic acids is 1. The summed E-state index contributed by atoms with van der Waals surface area (Å²) in [4.78, 5) is 14.3. The second-order valence-electron chi connectivity index (χ2n) is 6.34. The molecule has 5 atom stereocenters. The van der Waals surface area contributed by atoms with Gasteiger partial charge in [0.1, 0.15) is 0 Å². The van der Waals surface area contributed by atoms with Crippen LogP contribution in [0.1, 0.15) is 26.7 Å². The summed E-state index contributed by atoms with van der Waals surface area (Å²) in [6.45, 7) is 8.38. The summed E-state index contributed by atoms with van der Waals surface area (Å²) in [6.07, 6.45) is 2.43. The van der Waals surface area contributed by atoms with Crippen molar-refractivity contribution < 1.29 is 14.3 Å². The van der Waals surface area contributed by atoms with E-state index in [0.717, 1.165) is 45.8 Å². The second kappa shape index (κ2) is 5.41. The number of hydrogen-bond donors (Lipinski definition) is 0. The van der Waals surface area contributed by atoms with E-state index in [1.807, 2.05) is 6.92 Å². The van der Waals surface area contributed by atoms with Gasteiger partial charge in [-0.3, -0.25) is 4.79 Å². The summed E-state index contributed by atoms with van der Waals surface area (Å²) in [5.74, 6) is 2.39. The van der Waals surface area contributed by atoms with Crippen molar-refractivity contribution in [1.82, 2.24) is 4.90 Å². The van der Waals surface area contributed by atoms with Crippen LogP contribution >= 0.6 is 0 Å². The topological polar surface area (TPSA) is 38.8 Å². The fourth-order valence-electron chi connectivity index (χ4n) is 3.56. The largest absolute Gasteiger partial charge is 0.382 e. The third-order valence-electron chi connectivity index (χ3n) is 5.01. The van der Waals surface area contributed by atoms with E-state index in [4.69, 9.17) is 9.47 Å². The molecule has 1 aliphatic carbocycles. The Morgan fingerprint density at radius 3 is 2.89 bits per heavy atom. The summed E-state index contributed by atoms with van der Waals surface area (Å²) in [7, 11) is 0. The van der Waals surface area contributed by atoms with Gasteiger partial charge in [-0.15, -0.1) is 0 Å². The zero-order valence-corrected chi connectivity index (χ0v) is 12.0. The molecule has 108 valence electrons. The molecular formula is C15H25NO3. The monoisotopic (exact) mass is 267 g/mol. The highest BCUT2D eigenvalue weighted by molar-refractivity contribution is 5.82. The van der Waals surface area contributed by atoms with Crippen LogP contribution in [0.15, 0.2) is 0 Å². The van der Waals surface area contributed by atoms with Crippen molar-refractivity contribution in [1.29, 1.82) is 0 Å². The first-order valence-electron chi connectivity index (χ1n) is 7.68. The van der Waals surface area contributed by atoms with E-state index < -0.39 is 0 Å². The molecule has 0 aromatic heterocycles. The van der Waals surface area contributed by atoms with E-state index in [9.17, 15) is 4.79 Å². The number of hydrogen-bond acceptors (Lipinski definition) is 3. The summed E-state index contributed by atoms with van der Waals surface area (Å²) in [5.41, 5.74) is 0. The van der Waals surface area contributed by atoms with Crippen LogP contribution in [-0.4, -0.2) is 49.8 Å². The molecule has 1 amide bonds. The summed E-state index contributed by atoms with van der Waals surface area (Å²) in [6, 6.07) is 0. The lowest BCUT2D eigenvalue weighted by atomic mass is 9.91. The van der Waals surface area contributed by atoms with Crippen LogP contribution in [0.5, 0.6) is 0 Å². The molecule has 1 saturated carbocycles. The highest BCUT2D eigenvalue weighted by Gasteiger charge is 2.49. The van der Waals surface area contributed by atoms with Crippen LogP contribution in [-0.2, 0) is 14.3 Å². The molecule has 3 rings (SSSR count). The smallest absolute Gasteiger partial charge is 0.226 e. The molecule has 4 nitrogen and oxygen atoms in total. The molecule has 0 bridgehead atoms. The van der Waals surface area contributed by atoms with E-state index in [2.05, 4.69) is 11.8 Å². The van der Waals surface area contributed by atoms with Crippen molar-refractivity contribution in [3.05, 3.63) is 0 Å². The number of ether oxygens (including phenoxy) is 2. The number of fused-ring (bicyclic) bond motifs is 1. The molecule has 0 N–H and O–H groups in total. The molecule has 0 unspecified atom stereocenters. The maximum absolute atomic E-state index is 12.3. The molecule has 2 saturated heterocycles. The summed E-state index contributed by atoms with van der Waals surface area (Å²) < 4.78 is 11.3. The third kappa shape index (κ3) is 2.65. The fourth-order valence-corrected chi connectivity index (χ4v) is 3.56. The molecule has 0 radical (unpaired) electrons. The van der Waals surface area contributed by atoms with E-state index in [1.165, 1.54) is 0 Å². The van der Waals surface area contributed by atoms with E-state index in [-0.39, 0.29) is 6.10 Å². The van der Waals surface area contributed by atoms with Gasteiger partial charge in [0.2, 0.25) is 5.91 Å². The quantitative estimate of drug-likeness (QED) is 0.709. The maximum atomic E-state index is 12.3. The van der Waals surface area contributed by atoms with E-state index in [1.54, 1.807) is 0 Å². The Morgan fingerprint density at radius 2 is 2.21 bits per heavy atom. The molecule has 2 aliphatic heterocycles. The molecule has 2 heterocycles. The average Bonchev–Trinajstić information content (AvgIpc) is 2.84. The number of likely N-dealkylation sites (tertiary alicyclic amines) is 1. The van der Waals surface area contributed by atoms with Crippen LogP contribution in [0.4, 0.5) is 0 Å². The second-order valence-corrected chi connectivity index (χ2v) is 6.34. The predicted octanol–water partition coefficient (Wildman–Crippen LogP) is 1.54. The Balaban J connectivity index is 1.51. The van der Waals surface area contributed by atoms with Crippen LogP contribution < -0.4 is 0 Å². The number of rotatable bonds is 5. The molecule has 19 heavy (non-hydrogen) atoms. The first-order chi connectivity index (χ1) is 9.20. The molecule has 3 fully saturated rings. The Morgan fingerprint density at radius 1 is 1.42 bits per heavy atom. The van der Waals surface area contributed by atoms with Crippen LogP contribution in [0, 0.1) is 23.7 Å². The van der Waals surface area contributed by atoms with Crippen LogP contribution in [0.3, 0.4) is 0 Å². The van der Waals surface area contributed by atoms with Gasteiger partial charge in [-0.1, -0.05) is 6.92 Å². The molecule has 3 aliphatic rings. The lowest BCUT2D eigenvalue weighted by molar-refractivity contribution is -0.132. The van der Waals surface area contributed by atoms with Gasteiger partial charge in [0.05, 0.1) is 12.7 Å². The minimum absolute atomic E-state index is 0.282. The zero-order chi connectivity index (χ0) is 13.4. The molecular weight excluding hydrogens is 242 g/mol. The first kappa shape index (κ1) is 13.4. The Hall–Kier alpha value is -0.610. The minimum Gasteiger partial charge on any atom is -0.382 e. The average molecular weight is 267 g/mol. The first-order valence-corrected chi connectivity index (χ1v) is 7.68. The van der Waals surface area contributed by atoms with Crippen LogP contribution in [0.25, 0.3) is 0 Å². The maximum Gasteiger partial charge on any atom is 0.226 e. The van der Waals surface area contributed by atoms with Gasteiger partial charge in [-0.05, 0) is 31.6 Å². The number of nitrogens with zero attached hydrogens (tertiary/aromatic N) is 1. The van der Waals surface area contributed by atoms with Gasteiger partial charge in [-0.2, -0.15) is 0 Å². The van der Waals surface area contributed by atoms with Crippen molar-refractivity contribution >= 4 is 5.91 Å². The third-order valence-corrected chi connectivity index (χ3v) is 5.01. The standard InChI is InChI=1S/C15H25NO3/c1-3-18-5-4-11-9-19-14-8-16(7-13(11)14)15(17)12-6-10(12)2/h10-14H,3-9H2,1-2H3/t10-,11+,12-,13+,14+/m1/s1. The highest BCUT2D eigenvalue weighted by atomic mass is 16.5. The molecule has 4 heteroatoms. The van der Waals surface area contributed by atoms with Crippen molar-refractivity contribution in [2.24, 2.45) is 23.7 Å². The lowest BCUT2D eigenvalue weighted by Crippen LogP contribution is -2.32. The summed E-state index contributed by atoms with van der Waals surface area (Å²) >= 11 is 0. The SMILES string of the molecule is CCOCC[C@H]1CO[C@H]2CN(C(=O)[C@@H]3C[C@H]3C)C[C@@H]12. The van der Waals surface area contributed by atoms with Gasteiger partial charge >= 0.3 is 0 Å². The van der Waals surface area contributed by atoms with Crippen LogP contribution in [0.2, 0.25) is 0 Å². The van der Waals surface area contributed by atoms with Gasteiger partial charge in [0, 0.05) is 38.1 Å². The minimum atomic E-state index is 0.282. The van der Waals surface area contributed by atoms with E-state index in [0.29, 0.717) is 29.6 Å². The normalized spacial score (nSPS) is 40.5.